The molecule has 0 aliphatic heterocycles. The minimum absolute atomic E-state index is 0.0682. The molecule has 1 unspecified atom stereocenters. The minimum atomic E-state index is 0.0682. The number of halogens is 1. The van der Waals surface area contributed by atoms with Gasteiger partial charge in [0.05, 0.1) is 13.7 Å². The molecule has 2 nitrogen and oxygen atoms in total. The fourth-order valence-electron chi connectivity index (χ4n) is 1.66. The molecule has 0 spiro atoms. The summed E-state index contributed by atoms with van der Waals surface area (Å²) >= 11 is 5.94. The highest BCUT2D eigenvalue weighted by atomic mass is 35.5. The smallest absolute Gasteiger partial charge is 0.122 e. The number of methoxy groups -OCH3 is 1. The molecule has 0 amide bonds. The Morgan fingerprint density at radius 2 is 2.07 bits per heavy atom. The number of ether oxygens (including phenoxy) is 1. The standard InChI is InChI=1S/C12H17ClO2/c1-8(2)11(7-14)10-6-9(13)4-5-12(10)15-3/h4-6,8,11,14H,7H2,1-3H3. The third kappa shape index (κ3) is 2.86. The minimum Gasteiger partial charge on any atom is -0.496 e. The van der Waals surface area contributed by atoms with Crippen molar-refractivity contribution in [2.45, 2.75) is 19.8 Å². The monoisotopic (exact) mass is 228 g/mol. The van der Waals surface area contributed by atoms with Gasteiger partial charge >= 0.3 is 0 Å². The van der Waals surface area contributed by atoms with E-state index in [0.29, 0.717) is 10.9 Å². The fraction of sp³-hybridized carbons (Fsp3) is 0.500. The molecule has 0 heterocycles. The third-order valence-electron chi connectivity index (χ3n) is 2.59. The van der Waals surface area contributed by atoms with Gasteiger partial charge in [0.1, 0.15) is 5.75 Å². The average molecular weight is 229 g/mol. The Hall–Kier alpha value is -0.730. The van der Waals surface area contributed by atoms with Crippen molar-refractivity contribution in [1.82, 2.24) is 0 Å². The predicted octanol–water partition coefficient (Wildman–Crippen LogP) is 3.08. The molecule has 3 heteroatoms. The first-order valence-electron chi connectivity index (χ1n) is 5.04. The third-order valence-corrected chi connectivity index (χ3v) is 2.83. The van der Waals surface area contributed by atoms with Gasteiger partial charge < -0.3 is 9.84 Å². The Morgan fingerprint density at radius 3 is 2.53 bits per heavy atom. The van der Waals surface area contributed by atoms with Gasteiger partial charge in [0.2, 0.25) is 0 Å². The molecule has 1 aromatic rings. The zero-order valence-electron chi connectivity index (χ0n) is 9.33. The van der Waals surface area contributed by atoms with E-state index in [1.165, 1.54) is 0 Å². The van der Waals surface area contributed by atoms with Gasteiger partial charge in [0.15, 0.2) is 0 Å². The van der Waals surface area contributed by atoms with Gasteiger partial charge in [-0.3, -0.25) is 0 Å². The second-order valence-corrected chi connectivity index (χ2v) is 4.36. The van der Waals surface area contributed by atoms with Crippen LogP contribution in [0.2, 0.25) is 5.02 Å². The van der Waals surface area contributed by atoms with Gasteiger partial charge in [-0.2, -0.15) is 0 Å². The van der Waals surface area contributed by atoms with Crippen molar-refractivity contribution in [3.8, 4) is 5.75 Å². The number of aliphatic hydroxyl groups excluding tert-OH is 1. The van der Waals surface area contributed by atoms with Gasteiger partial charge in [-0.1, -0.05) is 25.4 Å². The number of aliphatic hydroxyl groups is 1. The zero-order chi connectivity index (χ0) is 11.4. The molecule has 0 fully saturated rings. The van der Waals surface area contributed by atoms with E-state index in [1.807, 2.05) is 12.1 Å². The molecule has 0 bridgehead atoms. The topological polar surface area (TPSA) is 29.5 Å². The van der Waals surface area contributed by atoms with Crippen molar-refractivity contribution in [2.75, 3.05) is 13.7 Å². The molecule has 1 atom stereocenters. The van der Waals surface area contributed by atoms with E-state index in [4.69, 9.17) is 16.3 Å². The van der Waals surface area contributed by atoms with E-state index < -0.39 is 0 Å². The first-order chi connectivity index (χ1) is 7.10. The van der Waals surface area contributed by atoms with Crippen LogP contribution in [0, 0.1) is 5.92 Å². The van der Waals surface area contributed by atoms with Gasteiger partial charge in [0, 0.05) is 16.5 Å². The van der Waals surface area contributed by atoms with Crippen molar-refractivity contribution < 1.29 is 9.84 Å². The quantitative estimate of drug-likeness (QED) is 0.858. The molecule has 1 N–H and O–H groups in total. The van der Waals surface area contributed by atoms with E-state index in [2.05, 4.69) is 13.8 Å². The summed E-state index contributed by atoms with van der Waals surface area (Å²) in [6, 6.07) is 5.49. The maximum atomic E-state index is 9.36. The van der Waals surface area contributed by atoms with E-state index in [1.54, 1.807) is 13.2 Å². The van der Waals surface area contributed by atoms with Crippen molar-refractivity contribution in [3.05, 3.63) is 28.8 Å². The summed E-state index contributed by atoms with van der Waals surface area (Å²) in [4.78, 5) is 0. The second-order valence-electron chi connectivity index (χ2n) is 3.92. The Morgan fingerprint density at radius 1 is 1.40 bits per heavy atom. The summed E-state index contributed by atoms with van der Waals surface area (Å²) in [6.07, 6.45) is 0. The highest BCUT2D eigenvalue weighted by Gasteiger charge is 2.19. The van der Waals surface area contributed by atoms with Crippen molar-refractivity contribution in [2.24, 2.45) is 5.92 Å². The van der Waals surface area contributed by atoms with Crippen LogP contribution in [0.25, 0.3) is 0 Å². The van der Waals surface area contributed by atoms with Crippen LogP contribution in [0.4, 0.5) is 0 Å². The van der Waals surface area contributed by atoms with E-state index in [-0.39, 0.29) is 12.5 Å². The van der Waals surface area contributed by atoms with E-state index in [9.17, 15) is 5.11 Å². The lowest BCUT2D eigenvalue weighted by atomic mass is 9.88. The first kappa shape index (κ1) is 12.3. The molecule has 0 aliphatic rings. The molecule has 0 saturated carbocycles. The number of hydrogen-bond donors (Lipinski definition) is 1. The molecule has 0 radical (unpaired) electrons. The molecule has 0 saturated heterocycles. The van der Waals surface area contributed by atoms with Crippen LogP contribution in [0.3, 0.4) is 0 Å². The number of benzene rings is 1. The fourth-order valence-corrected chi connectivity index (χ4v) is 1.84. The summed E-state index contributed by atoms with van der Waals surface area (Å²) in [7, 11) is 1.63. The highest BCUT2D eigenvalue weighted by molar-refractivity contribution is 6.30. The highest BCUT2D eigenvalue weighted by Crippen LogP contribution is 2.33. The summed E-state index contributed by atoms with van der Waals surface area (Å²) in [5.74, 6) is 1.20. The Bertz CT molecular complexity index is 323. The van der Waals surface area contributed by atoms with E-state index >= 15 is 0 Å². The Labute approximate surface area is 95.8 Å². The SMILES string of the molecule is COc1ccc(Cl)cc1C(CO)C(C)C. The summed E-state index contributed by atoms with van der Waals surface area (Å²) in [5, 5.41) is 10.0. The molecule has 1 aromatic carbocycles. The second kappa shape index (κ2) is 5.38. The maximum absolute atomic E-state index is 9.36. The van der Waals surface area contributed by atoms with Crippen LogP contribution < -0.4 is 4.74 Å². The van der Waals surface area contributed by atoms with Crippen molar-refractivity contribution in [3.63, 3.8) is 0 Å². The summed E-state index contributed by atoms with van der Waals surface area (Å²) in [6.45, 7) is 4.25. The van der Waals surface area contributed by atoms with Crippen molar-refractivity contribution >= 4 is 11.6 Å². The summed E-state index contributed by atoms with van der Waals surface area (Å²) in [5.41, 5.74) is 0.975. The molecular formula is C12H17ClO2. The zero-order valence-corrected chi connectivity index (χ0v) is 10.1. The van der Waals surface area contributed by atoms with Crippen LogP contribution in [-0.2, 0) is 0 Å². The lowest BCUT2D eigenvalue weighted by Crippen LogP contribution is -2.12. The van der Waals surface area contributed by atoms with Crippen LogP contribution in [-0.4, -0.2) is 18.8 Å². The van der Waals surface area contributed by atoms with Crippen LogP contribution >= 0.6 is 11.6 Å². The summed E-state index contributed by atoms with van der Waals surface area (Å²) < 4.78 is 5.26. The Kier molecular flexibility index (Phi) is 4.43. The number of hydrogen-bond acceptors (Lipinski definition) is 2. The molecule has 0 aliphatic carbocycles. The van der Waals surface area contributed by atoms with Gasteiger partial charge in [-0.05, 0) is 24.1 Å². The number of rotatable bonds is 4. The molecule has 1 rings (SSSR count). The van der Waals surface area contributed by atoms with Crippen LogP contribution in [0.15, 0.2) is 18.2 Å². The van der Waals surface area contributed by atoms with Crippen molar-refractivity contribution in [1.29, 1.82) is 0 Å². The normalized spacial score (nSPS) is 12.9. The Balaban J connectivity index is 3.13. The molecule has 15 heavy (non-hydrogen) atoms. The average Bonchev–Trinajstić information content (AvgIpc) is 2.18. The molecule has 0 aromatic heterocycles. The van der Waals surface area contributed by atoms with Crippen LogP contribution in [0.1, 0.15) is 25.3 Å². The molecular weight excluding hydrogens is 212 g/mol. The lowest BCUT2D eigenvalue weighted by molar-refractivity contribution is 0.234. The van der Waals surface area contributed by atoms with Crippen LogP contribution in [0.5, 0.6) is 5.75 Å². The van der Waals surface area contributed by atoms with Gasteiger partial charge in [0.25, 0.3) is 0 Å². The van der Waals surface area contributed by atoms with Gasteiger partial charge in [-0.25, -0.2) is 0 Å². The van der Waals surface area contributed by atoms with E-state index in [0.717, 1.165) is 11.3 Å². The lowest BCUT2D eigenvalue weighted by Gasteiger charge is -2.21. The molecule has 84 valence electrons. The largest absolute Gasteiger partial charge is 0.496 e. The van der Waals surface area contributed by atoms with Gasteiger partial charge in [-0.15, -0.1) is 0 Å². The predicted molar refractivity (Wildman–Crippen MR) is 62.7 cm³/mol. The maximum Gasteiger partial charge on any atom is 0.122 e. The first-order valence-corrected chi connectivity index (χ1v) is 5.42.